The van der Waals surface area contributed by atoms with E-state index in [-0.39, 0.29) is 0 Å². The number of aromatic nitrogens is 1. The van der Waals surface area contributed by atoms with Crippen LogP contribution in [-0.2, 0) is 17.9 Å². The van der Waals surface area contributed by atoms with Crippen LogP contribution < -0.4 is 5.32 Å². The Morgan fingerprint density at radius 2 is 2.06 bits per heavy atom. The number of pyridine rings is 1. The maximum atomic E-state index is 5.46. The molecule has 1 N–H and O–H groups in total. The summed E-state index contributed by atoms with van der Waals surface area (Å²) in [7, 11) is 0. The van der Waals surface area contributed by atoms with Crippen LogP contribution >= 0.6 is 0 Å². The lowest BCUT2D eigenvalue weighted by atomic mass is 10.2. The van der Waals surface area contributed by atoms with Crippen LogP contribution in [0.15, 0.2) is 48.8 Å². The first-order valence-electron chi connectivity index (χ1n) is 6.18. The quantitative estimate of drug-likeness (QED) is 0.844. The zero-order valence-corrected chi connectivity index (χ0v) is 10.6. The van der Waals surface area contributed by atoms with Gasteiger partial charge in [0.25, 0.3) is 0 Å². The number of benzene rings is 1. The Balaban J connectivity index is 2.00. The van der Waals surface area contributed by atoms with Gasteiger partial charge in [-0.1, -0.05) is 24.3 Å². The fourth-order valence-corrected chi connectivity index (χ4v) is 1.73. The first-order chi connectivity index (χ1) is 8.90. The zero-order valence-electron chi connectivity index (χ0n) is 10.6. The molecule has 0 amide bonds. The maximum absolute atomic E-state index is 5.46. The molecule has 0 unspecified atom stereocenters. The van der Waals surface area contributed by atoms with Crippen molar-refractivity contribution in [2.45, 2.75) is 20.1 Å². The molecule has 0 atom stereocenters. The lowest BCUT2D eigenvalue weighted by Gasteiger charge is -2.11. The Morgan fingerprint density at radius 1 is 1.17 bits per heavy atom. The Bertz CT molecular complexity index is 471. The Morgan fingerprint density at radius 3 is 2.83 bits per heavy atom. The number of hydrogen-bond acceptors (Lipinski definition) is 3. The molecule has 3 nitrogen and oxygen atoms in total. The number of rotatable bonds is 6. The van der Waals surface area contributed by atoms with Crippen LogP contribution in [0.4, 0.5) is 5.69 Å². The molecule has 1 aromatic carbocycles. The highest BCUT2D eigenvalue weighted by atomic mass is 16.5. The summed E-state index contributed by atoms with van der Waals surface area (Å²) in [4.78, 5) is 4.10. The highest BCUT2D eigenvalue weighted by molar-refractivity contribution is 5.51. The molecule has 0 aliphatic heterocycles. The van der Waals surface area contributed by atoms with Crippen LogP contribution in [0.3, 0.4) is 0 Å². The highest BCUT2D eigenvalue weighted by Crippen LogP contribution is 2.16. The van der Waals surface area contributed by atoms with Gasteiger partial charge in [-0.25, -0.2) is 0 Å². The molecule has 94 valence electrons. The summed E-state index contributed by atoms with van der Waals surface area (Å²) in [6.07, 6.45) is 3.66. The van der Waals surface area contributed by atoms with Gasteiger partial charge in [-0.15, -0.1) is 0 Å². The van der Waals surface area contributed by atoms with E-state index >= 15 is 0 Å². The van der Waals surface area contributed by atoms with Gasteiger partial charge < -0.3 is 10.1 Å². The molecule has 0 fully saturated rings. The predicted molar refractivity (Wildman–Crippen MR) is 73.3 cm³/mol. The molecule has 0 saturated heterocycles. The number of anilines is 1. The van der Waals surface area contributed by atoms with Crippen LogP contribution in [0.25, 0.3) is 0 Å². The molecule has 0 radical (unpaired) electrons. The summed E-state index contributed by atoms with van der Waals surface area (Å²) >= 11 is 0. The molecular weight excluding hydrogens is 224 g/mol. The number of ether oxygens (including phenoxy) is 1. The minimum Gasteiger partial charge on any atom is -0.381 e. The third-order valence-electron chi connectivity index (χ3n) is 2.68. The highest BCUT2D eigenvalue weighted by Gasteiger charge is 2.01. The van der Waals surface area contributed by atoms with Crippen molar-refractivity contribution < 1.29 is 4.74 Å². The van der Waals surface area contributed by atoms with Gasteiger partial charge in [-0.2, -0.15) is 0 Å². The van der Waals surface area contributed by atoms with Crippen LogP contribution in [0.5, 0.6) is 0 Å². The van der Waals surface area contributed by atoms with Gasteiger partial charge in [0.2, 0.25) is 0 Å². The predicted octanol–water partition coefficient (Wildman–Crippen LogP) is 3.23. The van der Waals surface area contributed by atoms with E-state index in [4.69, 9.17) is 4.74 Å². The van der Waals surface area contributed by atoms with E-state index in [9.17, 15) is 0 Å². The molecule has 0 aliphatic rings. The number of hydrogen-bond donors (Lipinski definition) is 1. The van der Waals surface area contributed by atoms with Crippen molar-refractivity contribution in [3.63, 3.8) is 0 Å². The van der Waals surface area contributed by atoms with Crippen molar-refractivity contribution in [3.05, 3.63) is 59.9 Å². The molecule has 1 heterocycles. The molecule has 0 aliphatic carbocycles. The van der Waals surface area contributed by atoms with Crippen LogP contribution in [-0.4, -0.2) is 11.6 Å². The molecule has 1 aromatic heterocycles. The van der Waals surface area contributed by atoms with Gasteiger partial charge >= 0.3 is 0 Å². The van der Waals surface area contributed by atoms with Crippen molar-refractivity contribution in [1.82, 2.24) is 4.98 Å². The summed E-state index contributed by atoms with van der Waals surface area (Å²) in [5, 5.41) is 3.42. The number of nitrogens with zero attached hydrogens (tertiary/aromatic N) is 1. The molecular formula is C15H18N2O. The molecule has 2 rings (SSSR count). The van der Waals surface area contributed by atoms with E-state index in [2.05, 4.69) is 28.5 Å². The second-order valence-corrected chi connectivity index (χ2v) is 4.01. The molecule has 18 heavy (non-hydrogen) atoms. The van der Waals surface area contributed by atoms with Gasteiger partial charge in [0.1, 0.15) is 0 Å². The van der Waals surface area contributed by atoms with E-state index < -0.39 is 0 Å². The van der Waals surface area contributed by atoms with E-state index in [1.165, 1.54) is 11.1 Å². The summed E-state index contributed by atoms with van der Waals surface area (Å²) < 4.78 is 5.46. The smallest absolute Gasteiger partial charge is 0.0736 e. The maximum Gasteiger partial charge on any atom is 0.0736 e. The topological polar surface area (TPSA) is 34.1 Å². The monoisotopic (exact) mass is 242 g/mol. The third kappa shape index (κ3) is 3.57. The number of nitrogens with one attached hydrogen (secondary N) is 1. The van der Waals surface area contributed by atoms with Gasteiger partial charge in [-0.3, -0.25) is 4.98 Å². The second kappa shape index (κ2) is 6.77. The van der Waals surface area contributed by atoms with Gasteiger partial charge in [0, 0.05) is 36.8 Å². The fourth-order valence-electron chi connectivity index (χ4n) is 1.73. The largest absolute Gasteiger partial charge is 0.381 e. The summed E-state index contributed by atoms with van der Waals surface area (Å²) in [5.74, 6) is 0. The van der Waals surface area contributed by atoms with Crippen molar-refractivity contribution >= 4 is 5.69 Å². The molecule has 0 saturated carbocycles. The standard InChI is InChI=1S/C15H18N2O/c1-2-18-12-14-7-3-4-8-15(14)17-11-13-6-5-9-16-10-13/h3-10,17H,2,11-12H2,1H3. The molecule has 0 spiro atoms. The molecule has 2 aromatic rings. The van der Waals surface area contributed by atoms with Gasteiger partial charge in [0.05, 0.1) is 6.61 Å². The average molecular weight is 242 g/mol. The van der Waals surface area contributed by atoms with Crippen LogP contribution in [0, 0.1) is 0 Å². The molecule has 3 heteroatoms. The normalized spacial score (nSPS) is 10.3. The number of para-hydroxylation sites is 1. The Hall–Kier alpha value is -1.87. The fraction of sp³-hybridized carbons (Fsp3) is 0.267. The third-order valence-corrected chi connectivity index (χ3v) is 2.68. The van der Waals surface area contributed by atoms with Crippen LogP contribution in [0.1, 0.15) is 18.1 Å². The Kier molecular flexibility index (Phi) is 4.73. The van der Waals surface area contributed by atoms with E-state index in [0.29, 0.717) is 6.61 Å². The van der Waals surface area contributed by atoms with E-state index in [1.807, 2.05) is 31.3 Å². The summed E-state index contributed by atoms with van der Waals surface area (Å²) in [6, 6.07) is 12.2. The van der Waals surface area contributed by atoms with Crippen molar-refractivity contribution in [2.75, 3.05) is 11.9 Å². The van der Waals surface area contributed by atoms with Crippen LogP contribution in [0.2, 0.25) is 0 Å². The molecule has 0 bridgehead atoms. The minimum atomic E-state index is 0.646. The van der Waals surface area contributed by atoms with E-state index in [0.717, 1.165) is 18.8 Å². The van der Waals surface area contributed by atoms with Crippen molar-refractivity contribution in [3.8, 4) is 0 Å². The summed E-state index contributed by atoms with van der Waals surface area (Å²) in [6.45, 7) is 4.16. The zero-order chi connectivity index (χ0) is 12.6. The summed E-state index contributed by atoms with van der Waals surface area (Å²) in [5.41, 5.74) is 3.47. The van der Waals surface area contributed by atoms with Crippen molar-refractivity contribution in [2.24, 2.45) is 0 Å². The second-order valence-electron chi connectivity index (χ2n) is 4.01. The minimum absolute atomic E-state index is 0.646. The van der Waals surface area contributed by atoms with Gasteiger partial charge in [0.15, 0.2) is 0 Å². The first-order valence-corrected chi connectivity index (χ1v) is 6.18. The average Bonchev–Trinajstić information content (AvgIpc) is 2.45. The van der Waals surface area contributed by atoms with Crippen molar-refractivity contribution in [1.29, 1.82) is 0 Å². The lowest BCUT2D eigenvalue weighted by molar-refractivity contribution is 0.134. The first kappa shape index (κ1) is 12.6. The SMILES string of the molecule is CCOCc1ccccc1NCc1cccnc1. The van der Waals surface area contributed by atoms with E-state index in [1.54, 1.807) is 6.20 Å². The van der Waals surface area contributed by atoms with Gasteiger partial charge in [-0.05, 0) is 24.6 Å². The lowest BCUT2D eigenvalue weighted by Crippen LogP contribution is -2.03. The Labute approximate surface area is 108 Å².